The topological polar surface area (TPSA) is 58.6 Å². The molecule has 0 heterocycles. The van der Waals surface area contributed by atoms with Gasteiger partial charge in [0.15, 0.2) is 6.61 Å². The highest BCUT2D eigenvalue weighted by Crippen LogP contribution is 2.19. The first-order valence-corrected chi connectivity index (χ1v) is 5.88. The second-order valence-corrected chi connectivity index (χ2v) is 4.08. The maximum Gasteiger partial charge on any atom is 0.258 e. The van der Waals surface area contributed by atoms with Gasteiger partial charge in [-0.05, 0) is 31.5 Å². The highest BCUT2D eigenvalue weighted by Gasteiger charge is 2.09. The van der Waals surface area contributed by atoms with E-state index in [4.69, 9.17) is 9.84 Å². The Bertz CT molecular complexity index is 409. The van der Waals surface area contributed by atoms with Gasteiger partial charge in [0, 0.05) is 11.6 Å². The van der Waals surface area contributed by atoms with Crippen molar-refractivity contribution in [2.75, 3.05) is 6.61 Å². The highest BCUT2D eigenvalue weighted by atomic mass is 19.1. The van der Waals surface area contributed by atoms with Crippen LogP contribution in [0.25, 0.3) is 0 Å². The summed E-state index contributed by atoms with van der Waals surface area (Å²) in [5.74, 6) is -0.369. The Hall–Kier alpha value is -1.62. The zero-order chi connectivity index (χ0) is 13.5. The third-order valence-electron chi connectivity index (χ3n) is 2.57. The lowest BCUT2D eigenvalue weighted by Gasteiger charge is -2.13. The van der Waals surface area contributed by atoms with Crippen molar-refractivity contribution in [3.05, 3.63) is 29.6 Å². The molecule has 0 aliphatic rings. The van der Waals surface area contributed by atoms with E-state index in [2.05, 4.69) is 5.32 Å². The zero-order valence-electron chi connectivity index (χ0n) is 10.6. The fourth-order valence-electron chi connectivity index (χ4n) is 1.37. The van der Waals surface area contributed by atoms with E-state index in [0.717, 1.165) is 6.42 Å². The van der Waals surface area contributed by atoms with Crippen molar-refractivity contribution in [2.24, 2.45) is 0 Å². The van der Waals surface area contributed by atoms with E-state index in [0.29, 0.717) is 11.3 Å². The molecule has 0 fully saturated rings. The zero-order valence-corrected chi connectivity index (χ0v) is 10.6. The summed E-state index contributed by atoms with van der Waals surface area (Å²) >= 11 is 0. The Morgan fingerprint density at radius 1 is 1.56 bits per heavy atom. The number of nitrogens with one attached hydrogen (secondary N) is 1. The molecule has 5 heteroatoms. The van der Waals surface area contributed by atoms with Crippen LogP contribution in [0.2, 0.25) is 0 Å². The number of rotatable bonds is 6. The van der Waals surface area contributed by atoms with Crippen molar-refractivity contribution >= 4 is 5.91 Å². The predicted molar refractivity (Wildman–Crippen MR) is 65.7 cm³/mol. The number of carbonyl (C=O) groups excluding carboxylic acids is 1. The molecule has 1 rings (SSSR count). The van der Waals surface area contributed by atoms with E-state index >= 15 is 0 Å². The largest absolute Gasteiger partial charge is 0.483 e. The van der Waals surface area contributed by atoms with Crippen molar-refractivity contribution in [2.45, 2.75) is 32.9 Å². The quantitative estimate of drug-likeness (QED) is 0.812. The third kappa shape index (κ3) is 4.33. The molecular formula is C13H18FNO3. The molecule has 1 aromatic rings. The molecule has 0 aliphatic heterocycles. The first kappa shape index (κ1) is 14.4. The van der Waals surface area contributed by atoms with Gasteiger partial charge in [0.1, 0.15) is 11.6 Å². The second-order valence-electron chi connectivity index (χ2n) is 4.08. The van der Waals surface area contributed by atoms with Crippen LogP contribution in [0.1, 0.15) is 25.8 Å². The summed E-state index contributed by atoms with van der Waals surface area (Å²) in [5, 5.41) is 11.8. The third-order valence-corrected chi connectivity index (χ3v) is 2.57. The first-order valence-electron chi connectivity index (χ1n) is 5.88. The molecule has 1 aromatic carbocycles. The molecule has 0 aliphatic carbocycles. The lowest BCUT2D eigenvalue weighted by molar-refractivity contribution is -0.123. The average Bonchev–Trinajstić information content (AvgIpc) is 2.36. The number of hydrogen-bond donors (Lipinski definition) is 2. The van der Waals surface area contributed by atoms with Crippen LogP contribution in [-0.4, -0.2) is 23.7 Å². The van der Waals surface area contributed by atoms with E-state index in [1.165, 1.54) is 18.2 Å². The van der Waals surface area contributed by atoms with Gasteiger partial charge in [-0.15, -0.1) is 0 Å². The van der Waals surface area contributed by atoms with Crippen molar-refractivity contribution < 1.29 is 19.0 Å². The number of amides is 1. The van der Waals surface area contributed by atoms with Crippen LogP contribution in [-0.2, 0) is 11.4 Å². The molecule has 0 aromatic heterocycles. The molecule has 1 amide bonds. The van der Waals surface area contributed by atoms with Crippen LogP contribution in [0.5, 0.6) is 5.75 Å². The lowest BCUT2D eigenvalue weighted by atomic mass is 10.2. The maximum absolute atomic E-state index is 12.9. The molecule has 2 N–H and O–H groups in total. The first-order chi connectivity index (χ1) is 8.56. The molecule has 0 saturated heterocycles. The minimum atomic E-state index is -0.449. The highest BCUT2D eigenvalue weighted by molar-refractivity contribution is 5.77. The van der Waals surface area contributed by atoms with Gasteiger partial charge < -0.3 is 15.2 Å². The summed E-state index contributed by atoms with van der Waals surface area (Å²) in [6.45, 7) is 3.38. The second kappa shape index (κ2) is 6.96. The van der Waals surface area contributed by atoms with Gasteiger partial charge in [-0.3, -0.25) is 4.79 Å². The molecule has 100 valence electrons. The number of aliphatic hydroxyl groups is 1. The van der Waals surface area contributed by atoms with Gasteiger partial charge in [0.25, 0.3) is 5.91 Å². The Morgan fingerprint density at radius 2 is 2.28 bits per heavy atom. The van der Waals surface area contributed by atoms with Crippen molar-refractivity contribution in [1.82, 2.24) is 5.32 Å². The molecule has 0 radical (unpaired) electrons. The Balaban J connectivity index is 2.55. The average molecular weight is 255 g/mol. The lowest BCUT2D eigenvalue weighted by Crippen LogP contribution is -2.35. The number of aliphatic hydroxyl groups excluding tert-OH is 1. The van der Waals surface area contributed by atoms with E-state index in [1.54, 1.807) is 0 Å². The minimum Gasteiger partial charge on any atom is -0.483 e. The van der Waals surface area contributed by atoms with E-state index in [-0.39, 0.29) is 25.2 Å². The summed E-state index contributed by atoms with van der Waals surface area (Å²) in [6.07, 6.45) is 0.837. The smallest absolute Gasteiger partial charge is 0.258 e. The van der Waals surface area contributed by atoms with E-state index < -0.39 is 5.82 Å². The summed E-state index contributed by atoms with van der Waals surface area (Å²) in [6, 6.07) is 3.90. The number of hydrogen-bond acceptors (Lipinski definition) is 3. The molecule has 1 atom stereocenters. The Labute approximate surface area is 106 Å². The number of halogens is 1. The minimum absolute atomic E-state index is 0.0895. The molecule has 18 heavy (non-hydrogen) atoms. The Morgan fingerprint density at radius 3 is 2.89 bits per heavy atom. The summed E-state index contributed by atoms with van der Waals surface area (Å²) < 4.78 is 18.2. The van der Waals surface area contributed by atoms with E-state index in [1.807, 2.05) is 13.8 Å². The summed E-state index contributed by atoms with van der Waals surface area (Å²) in [5.41, 5.74) is 0.325. The monoisotopic (exact) mass is 255 g/mol. The number of ether oxygens (including phenoxy) is 1. The van der Waals surface area contributed by atoms with Crippen LogP contribution >= 0.6 is 0 Å². The van der Waals surface area contributed by atoms with Crippen LogP contribution in [0.15, 0.2) is 18.2 Å². The Kier molecular flexibility index (Phi) is 5.58. The van der Waals surface area contributed by atoms with Gasteiger partial charge in [-0.2, -0.15) is 0 Å². The van der Waals surface area contributed by atoms with Crippen molar-refractivity contribution in [3.63, 3.8) is 0 Å². The van der Waals surface area contributed by atoms with Crippen molar-refractivity contribution in [3.8, 4) is 5.75 Å². The summed E-state index contributed by atoms with van der Waals surface area (Å²) in [7, 11) is 0. The molecular weight excluding hydrogens is 237 g/mol. The summed E-state index contributed by atoms with van der Waals surface area (Å²) in [4.78, 5) is 11.5. The van der Waals surface area contributed by atoms with Gasteiger partial charge in [0.05, 0.1) is 6.61 Å². The molecule has 0 saturated carbocycles. The van der Waals surface area contributed by atoms with Crippen LogP contribution in [0, 0.1) is 5.82 Å². The van der Waals surface area contributed by atoms with Crippen LogP contribution in [0.3, 0.4) is 0 Å². The molecule has 0 bridgehead atoms. The van der Waals surface area contributed by atoms with Crippen molar-refractivity contribution in [1.29, 1.82) is 0 Å². The van der Waals surface area contributed by atoms with Crippen LogP contribution < -0.4 is 10.1 Å². The predicted octanol–water partition coefficient (Wildman–Crippen LogP) is 1.61. The molecule has 1 unspecified atom stereocenters. The SMILES string of the molecule is CCC(C)NC(=O)COc1ccc(F)cc1CO. The van der Waals surface area contributed by atoms with E-state index in [9.17, 15) is 9.18 Å². The van der Waals surface area contributed by atoms with Gasteiger partial charge in [-0.25, -0.2) is 4.39 Å². The fourth-order valence-corrected chi connectivity index (χ4v) is 1.37. The van der Waals surface area contributed by atoms with Gasteiger partial charge >= 0.3 is 0 Å². The van der Waals surface area contributed by atoms with Gasteiger partial charge in [0.2, 0.25) is 0 Å². The normalized spacial score (nSPS) is 12.0. The standard InChI is InChI=1S/C13H18FNO3/c1-3-9(2)15-13(17)8-18-12-5-4-11(14)6-10(12)7-16/h4-6,9,16H,3,7-8H2,1-2H3,(H,15,17). The molecule has 0 spiro atoms. The van der Waals surface area contributed by atoms with Gasteiger partial charge in [-0.1, -0.05) is 6.92 Å². The number of carbonyl (C=O) groups is 1. The fraction of sp³-hybridized carbons (Fsp3) is 0.462. The molecule has 4 nitrogen and oxygen atoms in total. The number of benzene rings is 1. The van der Waals surface area contributed by atoms with Crippen LogP contribution in [0.4, 0.5) is 4.39 Å². The maximum atomic E-state index is 12.9.